The van der Waals surface area contributed by atoms with Crippen LogP contribution in [0.4, 0.5) is 0 Å². The minimum Gasteiger partial charge on any atom is -0.387 e. The number of pyridine rings is 1. The maximum Gasteiger partial charge on any atom is 0.261 e. The Kier molecular flexibility index (Phi) is 5.50. The number of carbonyl (C=O) groups excluding carboxylic acids is 2. The molecule has 0 saturated carbocycles. The number of fused-ring (bicyclic) bond motifs is 2. The second kappa shape index (κ2) is 8.62. The molecule has 1 aliphatic heterocycles. The predicted octanol–water partition coefficient (Wildman–Crippen LogP) is 5.39. The van der Waals surface area contributed by atoms with Crippen LogP contribution in [0.15, 0.2) is 78.9 Å². The molecule has 0 aliphatic carbocycles. The van der Waals surface area contributed by atoms with Crippen LogP contribution in [0, 0.1) is 0 Å². The molecule has 3 aromatic carbocycles. The van der Waals surface area contributed by atoms with E-state index in [2.05, 4.69) is 4.98 Å². The third-order valence-corrected chi connectivity index (χ3v) is 5.89. The first-order valence-corrected chi connectivity index (χ1v) is 10.8. The van der Waals surface area contributed by atoms with E-state index in [4.69, 9.17) is 11.6 Å². The summed E-state index contributed by atoms with van der Waals surface area (Å²) >= 11 is 6.07. The number of rotatable bonds is 5. The van der Waals surface area contributed by atoms with Gasteiger partial charge < -0.3 is 5.11 Å². The van der Waals surface area contributed by atoms with Crippen LogP contribution in [-0.4, -0.2) is 33.3 Å². The third-order valence-electron chi connectivity index (χ3n) is 5.65. The summed E-state index contributed by atoms with van der Waals surface area (Å²) in [5.74, 6) is -0.763. The van der Waals surface area contributed by atoms with Gasteiger partial charge in [-0.05, 0) is 53.6 Å². The molecule has 1 unspecified atom stereocenters. The molecule has 1 aliphatic rings. The van der Waals surface area contributed by atoms with Gasteiger partial charge in [0.2, 0.25) is 0 Å². The fraction of sp³-hybridized carbons (Fsp3) is 0.0741. The molecular weight excluding hydrogens is 436 g/mol. The van der Waals surface area contributed by atoms with Crippen LogP contribution in [0.25, 0.3) is 23.1 Å². The van der Waals surface area contributed by atoms with Crippen molar-refractivity contribution in [2.45, 2.75) is 6.10 Å². The zero-order valence-corrected chi connectivity index (χ0v) is 18.2. The molecule has 1 atom stereocenters. The lowest BCUT2D eigenvalue weighted by molar-refractivity contribution is 0.0543. The predicted molar refractivity (Wildman–Crippen MR) is 129 cm³/mol. The highest BCUT2D eigenvalue weighted by Crippen LogP contribution is 2.26. The largest absolute Gasteiger partial charge is 0.387 e. The Morgan fingerprint density at radius 3 is 2.36 bits per heavy atom. The van der Waals surface area contributed by atoms with Gasteiger partial charge in [-0.25, -0.2) is 4.98 Å². The first-order valence-electron chi connectivity index (χ1n) is 10.5. The molecule has 162 valence electrons. The van der Waals surface area contributed by atoms with E-state index in [-0.39, 0.29) is 18.4 Å². The van der Waals surface area contributed by atoms with Gasteiger partial charge in [0.1, 0.15) is 0 Å². The number of aliphatic hydroxyl groups is 1. The van der Waals surface area contributed by atoms with Crippen molar-refractivity contribution in [1.29, 1.82) is 0 Å². The standard InChI is InChI=1S/C27H19ClN2O3/c28-20-11-9-18-10-13-21(29-24(18)15-20)12-8-17-4-3-5-19(14-17)25(31)16-30-26(32)22-6-1-2-7-23(22)27(30)33/h1-15,25,31H,16H2/b12-8+. The summed E-state index contributed by atoms with van der Waals surface area (Å²) in [6.45, 7) is -0.105. The van der Waals surface area contributed by atoms with Gasteiger partial charge in [0.05, 0.1) is 35.0 Å². The van der Waals surface area contributed by atoms with E-state index < -0.39 is 6.10 Å². The summed E-state index contributed by atoms with van der Waals surface area (Å²) in [4.78, 5) is 30.9. The van der Waals surface area contributed by atoms with Gasteiger partial charge in [-0.2, -0.15) is 0 Å². The number of hydrogen-bond donors (Lipinski definition) is 1. The summed E-state index contributed by atoms with van der Waals surface area (Å²) in [7, 11) is 0. The molecule has 1 aromatic heterocycles. The molecule has 33 heavy (non-hydrogen) atoms. The van der Waals surface area contributed by atoms with Crippen molar-refractivity contribution in [1.82, 2.24) is 9.88 Å². The maximum absolute atomic E-state index is 12.6. The Morgan fingerprint density at radius 2 is 1.61 bits per heavy atom. The van der Waals surface area contributed by atoms with Crippen molar-refractivity contribution in [3.8, 4) is 0 Å². The summed E-state index contributed by atoms with van der Waals surface area (Å²) in [5.41, 5.74) is 3.82. The molecule has 0 fully saturated rings. The molecule has 1 N–H and O–H groups in total. The SMILES string of the molecule is O=C1c2ccccc2C(=O)N1CC(O)c1cccc(/C=C/c2ccc3ccc(Cl)cc3n2)c1. The number of aromatic nitrogens is 1. The molecule has 0 saturated heterocycles. The molecule has 0 radical (unpaired) electrons. The summed E-state index contributed by atoms with van der Waals surface area (Å²) < 4.78 is 0. The average molecular weight is 455 g/mol. The van der Waals surface area contributed by atoms with E-state index in [0.717, 1.165) is 27.1 Å². The summed E-state index contributed by atoms with van der Waals surface area (Å²) in [5, 5.41) is 12.4. The van der Waals surface area contributed by atoms with E-state index in [1.165, 1.54) is 0 Å². The van der Waals surface area contributed by atoms with Gasteiger partial charge in [-0.15, -0.1) is 0 Å². The second-order valence-electron chi connectivity index (χ2n) is 7.86. The second-order valence-corrected chi connectivity index (χ2v) is 8.30. The van der Waals surface area contributed by atoms with Gasteiger partial charge in [0, 0.05) is 10.4 Å². The Hall–Kier alpha value is -3.80. The van der Waals surface area contributed by atoms with Crippen LogP contribution in [0.3, 0.4) is 0 Å². The summed E-state index contributed by atoms with van der Waals surface area (Å²) in [6.07, 6.45) is 2.79. The number of benzene rings is 3. The third kappa shape index (κ3) is 4.16. The van der Waals surface area contributed by atoms with E-state index in [1.807, 2.05) is 60.7 Å². The van der Waals surface area contributed by atoms with Crippen molar-refractivity contribution in [2.75, 3.05) is 6.54 Å². The molecule has 5 nitrogen and oxygen atoms in total. The zero-order valence-electron chi connectivity index (χ0n) is 17.5. The summed E-state index contributed by atoms with van der Waals surface area (Å²) in [6, 6.07) is 23.5. The van der Waals surface area contributed by atoms with E-state index in [1.54, 1.807) is 30.3 Å². The highest BCUT2D eigenvalue weighted by Gasteiger charge is 2.36. The smallest absolute Gasteiger partial charge is 0.261 e. The molecule has 0 bridgehead atoms. The van der Waals surface area contributed by atoms with Crippen LogP contribution in [0.5, 0.6) is 0 Å². The fourth-order valence-electron chi connectivity index (χ4n) is 3.93. The highest BCUT2D eigenvalue weighted by molar-refractivity contribution is 6.31. The molecule has 4 aromatic rings. The normalized spacial score (nSPS) is 14.3. The average Bonchev–Trinajstić information content (AvgIpc) is 3.07. The lowest BCUT2D eigenvalue weighted by Crippen LogP contribution is -2.33. The van der Waals surface area contributed by atoms with Gasteiger partial charge in [-0.1, -0.05) is 60.1 Å². The number of carbonyl (C=O) groups is 2. The van der Waals surface area contributed by atoms with E-state index in [9.17, 15) is 14.7 Å². The quantitative estimate of drug-likeness (QED) is 0.410. The molecule has 0 spiro atoms. The zero-order chi connectivity index (χ0) is 22.9. The van der Waals surface area contributed by atoms with Crippen LogP contribution in [0.2, 0.25) is 5.02 Å². The molecule has 2 heterocycles. The van der Waals surface area contributed by atoms with Crippen LogP contribution < -0.4 is 0 Å². The number of halogens is 1. The van der Waals surface area contributed by atoms with Crippen LogP contribution >= 0.6 is 11.6 Å². The van der Waals surface area contributed by atoms with Crippen molar-refractivity contribution >= 4 is 46.5 Å². The Bertz CT molecular complexity index is 1400. The first-order chi connectivity index (χ1) is 16.0. The molecule has 6 heteroatoms. The fourth-order valence-corrected chi connectivity index (χ4v) is 4.10. The van der Waals surface area contributed by atoms with Crippen molar-refractivity contribution in [3.63, 3.8) is 0 Å². The molecular formula is C27H19ClN2O3. The van der Waals surface area contributed by atoms with E-state index >= 15 is 0 Å². The van der Waals surface area contributed by atoms with Gasteiger partial charge in [-0.3, -0.25) is 14.5 Å². The topological polar surface area (TPSA) is 70.5 Å². The van der Waals surface area contributed by atoms with Crippen LogP contribution in [-0.2, 0) is 0 Å². The number of hydrogen-bond acceptors (Lipinski definition) is 4. The van der Waals surface area contributed by atoms with E-state index in [0.29, 0.717) is 21.7 Å². The molecule has 5 rings (SSSR count). The van der Waals surface area contributed by atoms with Crippen molar-refractivity contribution in [3.05, 3.63) is 112 Å². The Balaban J connectivity index is 1.33. The van der Waals surface area contributed by atoms with Gasteiger partial charge >= 0.3 is 0 Å². The minimum atomic E-state index is -0.999. The number of nitrogens with zero attached hydrogens (tertiary/aromatic N) is 2. The van der Waals surface area contributed by atoms with Gasteiger partial charge in [0.25, 0.3) is 11.8 Å². The maximum atomic E-state index is 12.6. The lowest BCUT2D eigenvalue weighted by Gasteiger charge is -2.19. The highest BCUT2D eigenvalue weighted by atomic mass is 35.5. The van der Waals surface area contributed by atoms with Crippen molar-refractivity contribution < 1.29 is 14.7 Å². The Morgan fingerprint density at radius 1 is 0.879 bits per heavy atom. The van der Waals surface area contributed by atoms with Gasteiger partial charge in [0.15, 0.2) is 0 Å². The number of amides is 2. The Labute approximate surface area is 195 Å². The minimum absolute atomic E-state index is 0.105. The lowest BCUT2D eigenvalue weighted by atomic mass is 10.0. The molecule has 2 amide bonds. The first kappa shape index (κ1) is 21.1. The number of β-amino-alcohol motifs (C(OH)–C–C–N with tert-alkyl or cyclic N) is 1. The van der Waals surface area contributed by atoms with Crippen molar-refractivity contribution in [2.24, 2.45) is 0 Å². The monoisotopic (exact) mass is 454 g/mol. The van der Waals surface area contributed by atoms with Crippen LogP contribution in [0.1, 0.15) is 43.6 Å². The number of aliphatic hydroxyl groups excluding tert-OH is 1. The number of imide groups is 1.